The number of nitrogens with zero attached hydrogens (tertiary/aromatic N) is 3. The molecule has 0 saturated carbocycles. The number of carbonyl (C=O) groups is 1. The topological polar surface area (TPSA) is 55.3 Å². The lowest BCUT2D eigenvalue weighted by Crippen LogP contribution is -2.61. The maximum atomic E-state index is 12.2. The Morgan fingerprint density at radius 2 is 2.04 bits per heavy atom. The Morgan fingerprint density at radius 1 is 1.29 bits per heavy atom. The molecule has 1 spiro atoms. The normalized spacial score (nSPS) is 17.9. The zero-order valence-electron chi connectivity index (χ0n) is 14.0. The van der Waals surface area contributed by atoms with Crippen LogP contribution in [0.4, 0.5) is 0 Å². The number of amides is 1. The van der Waals surface area contributed by atoms with Crippen molar-refractivity contribution in [3.63, 3.8) is 0 Å². The highest BCUT2D eigenvalue weighted by molar-refractivity contribution is 5.78. The Bertz CT molecular complexity index is 767. The number of rotatable bonds is 3. The van der Waals surface area contributed by atoms with Crippen LogP contribution < -0.4 is 0 Å². The van der Waals surface area contributed by atoms with Crippen LogP contribution in [-0.2, 0) is 21.7 Å². The van der Waals surface area contributed by atoms with E-state index in [1.807, 2.05) is 41.4 Å². The summed E-state index contributed by atoms with van der Waals surface area (Å²) in [6, 6.07) is 9.94. The lowest BCUT2D eigenvalue weighted by molar-refractivity contribution is -0.169. The molecule has 1 aromatic heterocycles. The van der Waals surface area contributed by atoms with Gasteiger partial charge >= 0.3 is 0 Å². The monoisotopic (exact) mass is 323 g/mol. The Kier molecular flexibility index (Phi) is 3.61. The Morgan fingerprint density at radius 3 is 2.75 bits per heavy atom. The summed E-state index contributed by atoms with van der Waals surface area (Å²) in [6.07, 6.45) is 2.47. The van der Waals surface area contributed by atoms with Crippen LogP contribution in [0.2, 0.25) is 0 Å². The molecule has 5 nitrogen and oxygen atoms in total. The minimum Gasteiger partial charge on any atom is -0.360 e. The van der Waals surface area contributed by atoms with E-state index in [1.54, 1.807) is 0 Å². The summed E-state index contributed by atoms with van der Waals surface area (Å²) >= 11 is 0. The molecule has 3 heterocycles. The third-order valence-electron chi connectivity index (χ3n) is 4.70. The molecule has 1 aromatic carbocycles. The van der Waals surface area contributed by atoms with Gasteiger partial charge in [0, 0.05) is 23.7 Å². The van der Waals surface area contributed by atoms with E-state index in [1.165, 1.54) is 0 Å². The highest BCUT2D eigenvalue weighted by atomic mass is 16.5. The summed E-state index contributed by atoms with van der Waals surface area (Å²) in [4.78, 5) is 23.2. The van der Waals surface area contributed by atoms with Crippen molar-refractivity contribution in [1.29, 1.82) is 0 Å². The number of carbonyl (C=O) groups excluding carboxylic acids is 1. The van der Waals surface area contributed by atoms with Gasteiger partial charge in [0.2, 0.25) is 5.91 Å². The molecule has 0 radical (unpaired) electrons. The molecule has 4 rings (SSSR count). The minimum absolute atomic E-state index is 0.203. The van der Waals surface area contributed by atoms with Gasteiger partial charge in [-0.15, -0.1) is 0 Å². The van der Waals surface area contributed by atoms with Gasteiger partial charge in [0.15, 0.2) is 5.82 Å². The largest absolute Gasteiger partial charge is 0.360 e. The standard InChI is InChI=1S/C19H21N3O2/c1-13(2)8-17(23)22-11-19(12-22)15-9-20-18(21-16(15)10-24-19)14-6-4-3-5-7-14/h3-7,9,13H,8,10-12H2,1-2H3. The number of fused-ring (bicyclic) bond motifs is 2. The van der Waals surface area contributed by atoms with Crippen molar-refractivity contribution in [2.75, 3.05) is 13.1 Å². The first-order valence-electron chi connectivity index (χ1n) is 8.41. The first-order chi connectivity index (χ1) is 11.6. The molecule has 2 aromatic rings. The SMILES string of the molecule is CC(C)CC(=O)N1CC2(C1)OCc1nc(-c3ccccc3)ncc12. The van der Waals surface area contributed by atoms with Crippen molar-refractivity contribution in [3.05, 3.63) is 47.8 Å². The molecule has 2 aliphatic heterocycles. The second kappa shape index (κ2) is 5.67. The Balaban J connectivity index is 1.53. The summed E-state index contributed by atoms with van der Waals surface area (Å²) < 4.78 is 6.03. The van der Waals surface area contributed by atoms with E-state index in [-0.39, 0.29) is 5.91 Å². The third kappa shape index (κ3) is 2.49. The van der Waals surface area contributed by atoms with E-state index in [0.717, 1.165) is 22.6 Å². The van der Waals surface area contributed by atoms with Crippen LogP contribution in [0.3, 0.4) is 0 Å². The van der Waals surface area contributed by atoms with Crippen molar-refractivity contribution in [2.24, 2.45) is 5.92 Å². The first-order valence-corrected chi connectivity index (χ1v) is 8.41. The van der Waals surface area contributed by atoms with E-state index in [4.69, 9.17) is 4.74 Å². The zero-order valence-corrected chi connectivity index (χ0v) is 14.0. The molecule has 0 N–H and O–H groups in total. The van der Waals surface area contributed by atoms with Crippen LogP contribution in [0.25, 0.3) is 11.4 Å². The predicted octanol–water partition coefficient (Wildman–Crippen LogP) is 2.76. The smallest absolute Gasteiger partial charge is 0.223 e. The van der Waals surface area contributed by atoms with E-state index in [2.05, 4.69) is 23.8 Å². The predicted molar refractivity (Wildman–Crippen MR) is 90.0 cm³/mol. The molecular formula is C19H21N3O2. The molecule has 0 aliphatic carbocycles. The highest BCUT2D eigenvalue weighted by Crippen LogP contribution is 2.43. The molecule has 1 fully saturated rings. The summed E-state index contributed by atoms with van der Waals surface area (Å²) in [5.41, 5.74) is 2.59. The van der Waals surface area contributed by atoms with Gasteiger partial charge < -0.3 is 9.64 Å². The number of aromatic nitrogens is 2. The lowest BCUT2D eigenvalue weighted by Gasteiger charge is -2.47. The summed E-state index contributed by atoms with van der Waals surface area (Å²) in [5, 5.41) is 0. The van der Waals surface area contributed by atoms with Gasteiger partial charge in [0.25, 0.3) is 0 Å². The van der Waals surface area contributed by atoms with Crippen LogP contribution >= 0.6 is 0 Å². The minimum atomic E-state index is -0.392. The maximum Gasteiger partial charge on any atom is 0.223 e. The van der Waals surface area contributed by atoms with Gasteiger partial charge in [0.1, 0.15) is 5.60 Å². The highest BCUT2D eigenvalue weighted by Gasteiger charge is 2.52. The molecule has 0 bridgehead atoms. The van der Waals surface area contributed by atoms with Crippen molar-refractivity contribution in [1.82, 2.24) is 14.9 Å². The summed E-state index contributed by atoms with van der Waals surface area (Å²) in [5.74, 6) is 1.30. The zero-order chi connectivity index (χ0) is 16.7. The quantitative estimate of drug-likeness (QED) is 0.871. The van der Waals surface area contributed by atoms with Crippen LogP contribution in [-0.4, -0.2) is 33.9 Å². The Labute approximate surface area is 141 Å². The van der Waals surface area contributed by atoms with Gasteiger partial charge in [-0.05, 0) is 5.92 Å². The molecule has 24 heavy (non-hydrogen) atoms. The molecular weight excluding hydrogens is 302 g/mol. The van der Waals surface area contributed by atoms with Crippen LogP contribution in [0.5, 0.6) is 0 Å². The van der Waals surface area contributed by atoms with E-state index in [0.29, 0.717) is 32.0 Å². The fraction of sp³-hybridized carbons (Fsp3) is 0.421. The van der Waals surface area contributed by atoms with Crippen molar-refractivity contribution in [2.45, 2.75) is 32.5 Å². The first kappa shape index (κ1) is 15.3. The van der Waals surface area contributed by atoms with E-state index < -0.39 is 5.60 Å². The molecule has 5 heteroatoms. The second-order valence-electron chi connectivity index (χ2n) is 7.05. The Hall–Kier alpha value is -2.27. The molecule has 1 amide bonds. The number of hydrogen-bond acceptors (Lipinski definition) is 4. The molecule has 0 atom stereocenters. The van der Waals surface area contributed by atoms with Gasteiger partial charge in [-0.3, -0.25) is 4.79 Å². The molecule has 0 unspecified atom stereocenters. The molecule has 1 saturated heterocycles. The van der Waals surface area contributed by atoms with Crippen LogP contribution in [0, 0.1) is 5.92 Å². The van der Waals surface area contributed by atoms with Gasteiger partial charge in [-0.2, -0.15) is 0 Å². The molecule has 124 valence electrons. The van der Waals surface area contributed by atoms with E-state index >= 15 is 0 Å². The fourth-order valence-electron chi connectivity index (χ4n) is 3.40. The van der Waals surface area contributed by atoms with Gasteiger partial charge in [-0.1, -0.05) is 44.2 Å². The van der Waals surface area contributed by atoms with Crippen molar-refractivity contribution >= 4 is 5.91 Å². The number of benzene rings is 1. The number of ether oxygens (including phenoxy) is 1. The number of likely N-dealkylation sites (tertiary alicyclic amines) is 1. The summed E-state index contributed by atoms with van der Waals surface area (Å²) in [7, 11) is 0. The third-order valence-corrected chi connectivity index (χ3v) is 4.70. The van der Waals surface area contributed by atoms with Crippen LogP contribution in [0.15, 0.2) is 36.5 Å². The molecule has 2 aliphatic rings. The van der Waals surface area contributed by atoms with E-state index in [9.17, 15) is 4.79 Å². The number of hydrogen-bond donors (Lipinski definition) is 0. The second-order valence-corrected chi connectivity index (χ2v) is 7.05. The lowest BCUT2D eigenvalue weighted by atomic mass is 9.87. The van der Waals surface area contributed by atoms with Gasteiger partial charge in [0.05, 0.1) is 25.4 Å². The fourth-order valence-corrected chi connectivity index (χ4v) is 3.40. The van der Waals surface area contributed by atoms with Crippen molar-refractivity contribution in [3.8, 4) is 11.4 Å². The van der Waals surface area contributed by atoms with Crippen LogP contribution in [0.1, 0.15) is 31.5 Å². The van der Waals surface area contributed by atoms with Crippen molar-refractivity contribution < 1.29 is 9.53 Å². The average molecular weight is 323 g/mol. The average Bonchev–Trinajstić information content (AvgIpc) is 2.92. The van der Waals surface area contributed by atoms with Gasteiger partial charge in [-0.25, -0.2) is 9.97 Å². The summed E-state index contributed by atoms with van der Waals surface area (Å²) in [6.45, 7) is 5.84. The maximum absolute atomic E-state index is 12.2.